The number of hydrogen-bond acceptors (Lipinski definition) is 4. The summed E-state index contributed by atoms with van der Waals surface area (Å²) in [6.45, 7) is 3.73. The molecule has 7 heteroatoms. The molecule has 1 aromatic carbocycles. The van der Waals surface area contributed by atoms with Gasteiger partial charge < -0.3 is 24.3 Å². The summed E-state index contributed by atoms with van der Waals surface area (Å²) in [6, 6.07) is 18.5. The van der Waals surface area contributed by atoms with E-state index in [1.54, 1.807) is 7.11 Å². The lowest BCUT2D eigenvalue weighted by atomic mass is 10.0. The van der Waals surface area contributed by atoms with Crippen LogP contribution in [0.2, 0.25) is 0 Å². The summed E-state index contributed by atoms with van der Waals surface area (Å²) in [6.07, 6.45) is 4.21. The summed E-state index contributed by atoms with van der Waals surface area (Å²) in [5.74, 6) is 0.843. The number of thiocarbonyl (C=S) groups is 1. The highest BCUT2D eigenvalue weighted by Crippen LogP contribution is 2.40. The van der Waals surface area contributed by atoms with E-state index in [1.807, 2.05) is 30.5 Å². The van der Waals surface area contributed by atoms with Gasteiger partial charge in [-0.15, -0.1) is 0 Å². The molecule has 5 rings (SSSR count). The van der Waals surface area contributed by atoms with Crippen LogP contribution in [0.4, 0.5) is 0 Å². The molecule has 0 saturated carbocycles. The van der Waals surface area contributed by atoms with Crippen LogP contribution in [0, 0.1) is 6.92 Å². The molecule has 32 heavy (non-hydrogen) atoms. The molecular weight excluding hydrogens is 420 g/mol. The van der Waals surface area contributed by atoms with Crippen LogP contribution in [0.1, 0.15) is 42.0 Å². The number of ether oxygens (including phenoxy) is 2. The molecule has 2 saturated heterocycles. The lowest BCUT2D eigenvalue weighted by Gasteiger charge is -2.31. The van der Waals surface area contributed by atoms with Crippen LogP contribution in [0.15, 0.2) is 60.8 Å². The lowest BCUT2D eigenvalue weighted by molar-refractivity contribution is 0.0836. The molecular formula is C25H28N4O2S. The topological polar surface area (TPSA) is 51.5 Å². The van der Waals surface area contributed by atoms with Gasteiger partial charge in [0.15, 0.2) is 5.11 Å². The Bertz CT molecular complexity index is 1080. The van der Waals surface area contributed by atoms with Crippen molar-refractivity contribution in [3.8, 4) is 11.4 Å². The minimum Gasteiger partial charge on any atom is -0.497 e. The van der Waals surface area contributed by atoms with Crippen molar-refractivity contribution >= 4 is 17.3 Å². The molecule has 166 valence electrons. The maximum Gasteiger partial charge on any atom is 0.170 e. The molecule has 0 unspecified atom stereocenters. The molecule has 2 fully saturated rings. The fourth-order valence-electron chi connectivity index (χ4n) is 4.80. The van der Waals surface area contributed by atoms with E-state index >= 15 is 0 Å². The number of pyridine rings is 1. The summed E-state index contributed by atoms with van der Waals surface area (Å²) >= 11 is 5.83. The number of aromatic nitrogens is 2. The maximum absolute atomic E-state index is 5.97. The molecule has 0 aliphatic carbocycles. The second kappa shape index (κ2) is 8.92. The summed E-state index contributed by atoms with van der Waals surface area (Å²) in [5.41, 5.74) is 4.42. The second-order valence-corrected chi connectivity index (χ2v) is 8.73. The number of rotatable bonds is 6. The van der Waals surface area contributed by atoms with Gasteiger partial charge in [-0.2, -0.15) is 0 Å². The van der Waals surface area contributed by atoms with Crippen molar-refractivity contribution in [3.63, 3.8) is 0 Å². The van der Waals surface area contributed by atoms with Crippen molar-refractivity contribution in [2.45, 2.75) is 38.0 Å². The van der Waals surface area contributed by atoms with E-state index in [9.17, 15) is 0 Å². The molecule has 3 atom stereocenters. The first kappa shape index (κ1) is 21.0. The smallest absolute Gasteiger partial charge is 0.170 e. The third kappa shape index (κ3) is 3.87. The number of methoxy groups -OCH3 is 1. The first-order chi connectivity index (χ1) is 15.7. The minimum atomic E-state index is -0.0450. The molecule has 2 aromatic heterocycles. The van der Waals surface area contributed by atoms with Gasteiger partial charge in [0.25, 0.3) is 0 Å². The monoisotopic (exact) mass is 448 g/mol. The first-order valence-electron chi connectivity index (χ1n) is 11.1. The number of hydrogen-bond donors (Lipinski definition) is 1. The largest absolute Gasteiger partial charge is 0.497 e. The minimum absolute atomic E-state index is 0.00241. The number of aryl methyl sites for hydroxylation is 1. The van der Waals surface area contributed by atoms with Gasteiger partial charge in [0.05, 0.1) is 31.0 Å². The van der Waals surface area contributed by atoms with Crippen molar-refractivity contribution in [3.05, 3.63) is 77.9 Å². The third-order valence-electron chi connectivity index (χ3n) is 6.36. The Balaban J connectivity index is 1.58. The first-order valence-corrected chi connectivity index (χ1v) is 11.5. The molecule has 1 N–H and O–H groups in total. The van der Waals surface area contributed by atoms with Crippen LogP contribution in [-0.4, -0.2) is 45.9 Å². The van der Waals surface area contributed by atoms with E-state index in [-0.39, 0.29) is 18.2 Å². The van der Waals surface area contributed by atoms with E-state index in [1.165, 1.54) is 11.4 Å². The Hall–Kier alpha value is -2.90. The average molecular weight is 449 g/mol. The van der Waals surface area contributed by atoms with Crippen molar-refractivity contribution < 1.29 is 9.47 Å². The third-order valence-corrected chi connectivity index (χ3v) is 6.71. The predicted molar refractivity (Wildman–Crippen MR) is 128 cm³/mol. The molecule has 0 bridgehead atoms. The van der Waals surface area contributed by atoms with Gasteiger partial charge in [0.2, 0.25) is 0 Å². The Morgan fingerprint density at radius 2 is 2.00 bits per heavy atom. The van der Waals surface area contributed by atoms with Crippen molar-refractivity contribution in [1.29, 1.82) is 0 Å². The van der Waals surface area contributed by atoms with E-state index in [0.29, 0.717) is 0 Å². The summed E-state index contributed by atoms with van der Waals surface area (Å²) < 4.78 is 13.6. The van der Waals surface area contributed by atoms with E-state index in [0.717, 1.165) is 48.2 Å². The molecule has 2 aliphatic heterocycles. The van der Waals surface area contributed by atoms with E-state index in [2.05, 4.69) is 57.0 Å². The maximum atomic E-state index is 5.97. The quantitative estimate of drug-likeness (QED) is 0.566. The highest BCUT2D eigenvalue weighted by molar-refractivity contribution is 7.80. The molecule has 3 aromatic rings. The van der Waals surface area contributed by atoms with Crippen LogP contribution in [0.25, 0.3) is 5.69 Å². The van der Waals surface area contributed by atoms with Gasteiger partial charge in [-0.3, -0.25) is 4.98 Å². The summed E-state index contributed by atoms with van der Waals surface area (Å²) in [5, 5.41) is 4.31. The number of nitrogens with one attached hydrogen (secondary N) is 1. The zero-order valence-electron chi connectivity index (χ0n) is 18.4. The Morgan fingerprint density at radius 1 is 1.16 bits per heavy atom. The van der Waals surface area contributed by atoms with Crippen LogP contribution < -0.4 is 10.1 Å². The van der Waals surface area contributed by atoms with Gasteiger partial charge in [0, 0.05) is 36.4 Å². The lowest BCUT2D eigenvalue weighted by Crippen LogP contribution is -2.36. The fraction of sp³-hybridized carbons (Fsp3) is 0.360. The van der Waals surface area contributed by atoms with Gasteiger partial charge >= 0.3 is 0 Å². The molecule has 0 radical (unpaired) electrons. The summed E-state index contributed by atoms with van der Waals surface area (Å²) in [4.78, 5) is 6.95. The number of nitrogens with zero attached hydrogens (tertiary/aromatic N) is 3. The highest BCUT2D eigenvalue weighted by atomic mass is 32.1. The Kier molecular flexibility index (Phi) is 5.85. The van der Waals surface area contributed by atoms with Gasteiger partial charge in [-0.05, 0) is 80.5 Å². The number of benzene rings is 1. The van der Waals surface area contributed by atoms with Gasteiger partial charge in [-0.25, -0.2) is 0 Å². The standard InChI is InChI=1S/C25H28N4O2S/c1-17-8-13-22(29(17)18-9-11-19(30-2)12-10-18)24-23(21-7-3-4-14-26-21)27-25(32)28(24)16-20-6-5-15-31-20/h3-4,7-14,20,23-24H,5-6,15-16H2,1-2H3,(H,27,32)/t20-,23-,24-/m0/s1. The zero-order valence-corrected chi connectivity index (χ0v) is 19.2. The molecule has 0 amide bonds. The molecule has 6 nitrogen and oxygen atoms in total. The second-order valence-electron chi connectivity index (χ2n) is 8.35. The van der Waals surface area contributed by atoms with Crippen LogP contribution >= 0.6 is 12.2 Å². The molecule has 2 aliphatic rings. The average Bonchev–Trinajstić information content (AvgIpc) is 3.55. The van der Waals surface area contributed by atoms with Crippen molar-refractivity contribution in [2.75, 3.05) is 20.3 Å². The Morgan fingerprint density at radius 3 is 2.69 bits per heavy atom. The Labute approximate surface area is 194 Å². The molecule has 0 spiro atoms. The van der Waals surface area contributed by atoms with Crippen molar-refractivity contribution in [2.24, 2.45) is 0 Å². The van der Waals surface area contributed by atoms with E-state index < -0.39 is 0 Å². The van der Waals surface area contributed by atoms with Gasteiger partial charge in [0.1, 0.15) is 5.75 Å². The fourth-order valence-corrected chi connectivity index (χ4v) is 5.12. The normalized spacial score (nSPS) is 22.9. The molecule has 4 heterocycles. The SMILES string of the molecule is COc1ccc(-n2c(C)ccc2[C@H]2[C@H](c3ccccn3)NC(=S)N2C[C@@H]2CCCO2)cc1. The van der Waals surface area contributed by atoms with Crippen LogP contribution in [0.3, 0.4) is 0 Å². The van der Waals surface area contributed by atoms with Crippen molar-refractivity contribution in [1.82, 2.24) is 19.8 Å². The van der Waals surface area contributed by atoms with E-state index in [4.69, 9.17) is 21.7 Å². The zero-order chi connectivity index (χ0) is 22.1. The van der Waals surface area contributed by atoms with Gasteiger partial charge in [-0.1, -0.05) is 6.07 Å². The summed E-state index contributed by atoms with van der Waals surface area (Å²) in [7, 11) is 1.69. The highest BCUT2D eigenvalue weighted by Gasteiger charge is 2.42. The van der Waals surface area contributed by atoms with Crippen LogP contribution in [0.5, 0.6) is 5.75 Å². The van der Waals surface area contributed by atoms with Crippen LogP contribution in [-0.2, 0) is 4.74 Å². The predicted octanol–water partition coefficient (Wildman–Crippen LogP) is 4.34.